The minimum absolute atomic E-state index is 0.0766. The van der Waals surface area contributed by atoms with Gasteiger partial charge in [0, 0.05) is 30.4 Å². The lowest BCUT2D eigenvalue weighted by Gasteiger charge is -2.25. The Morgan fingerprint density at radius 1 is 1.03 bits per heavy atom. The summed E-state index contributed by atoms with van der Waals surface area (Å²) < 4.78 is 6.64. The number of rotatable bonds is 9. The monoisotopic (exact) mass is 484 g/mol. The summed E-state index contributed by atoms with van der Waals surface area (Å²) in [5.74, 6) is 0.111. The highest BCUT2D eigenvalue weighted by Crippen LogP contribution is 2.20. The number of hydrogen-bond donors (Lipinski definition) is 2. The van der Waals surface area contributed by atoms with E-state index in [1.54, 1.807) is 56.8 Å². The molecule has 2 amide bonds. The number of ether oxygens (including phenoxy) is 1. The fourth-order valence-electron chi connectivity index (χ4n) is 3.77. The van der Waals surface area contributed by atoms with Gasteiger partial charge in [-0.05, 0) is 42.0 Å². The predicted octanol–water partition coefficient (Wildman–Crippen LogP) is 2.93. The SMILES string of the molecule is COc1ccc(N(C)C(=O)[C@H](Cc2ccccc2)NC(=O)Cn2cc(-c3ccc(N)cc3)nn2)cc1. The molecule has 36 heavy (non-hydrogen) atoms. The summed E-state index contributed by atoms with van der Waals surface area (Å²) in [6.45, 7) is -0.0766. The Kier molecular flexibility index (Phi) is 7.60. The van der Waals surface area contributed by atoms with E-state index >= 15 is 0 Å². The van der Waals surface area contributed by atoms with Gasteiger partial charge in [-0.25, -0.2) is 4.68 Å². The molecule has 1 atom stereocenters. The molecule has 1 aromatic heterocycles. The van der Waals surface area contributed by atoms with Crippen LogP contribution in [0.25, 0.3) is 11.3 Å². The van der Waals surface area contributed by atoms with Gasteiger partial charge in [-0.2, -0.15) is 0 Å². The molecule has 0 radical (unpaired) electrons. The average molecular weight is 485 g/mol. The second-order valence-electron chi connectivity index (χ2n) is 8.33. The van der Waals surface area contributed by atoms with Gasteiger partial charge in [-0.1, -0.05) is 47.7 Å². The number of methoxy groups -OCH3 is 1. The zero-order chi connectivity index (χ0) is 25.5. The standard InChI is InChI=1S/C27H28N6O3/c1-32(22-12-14-23(36-2)15-13-22)27(35)24(16-19-6-4-3-5-7-19)29-26(34)18-33-17-25(30-31-33)20-8-10-21(28)11-9-20/h3-15,17,24H,16,18,28H2,1-2H3,(H,29,34)/t24-/m0/s1. The van der Waals surface area contributed by atoms with Crippen LogP contribution in [0.15, 0.2) is 85.1 Å². The minimum atomic E-state index is -0.771. The van der Waals surface area contributed by atoms with Gasteiger partial charge in [0.25, 0.3) is 0 Å². The minimum Gasteiger partial charge on any atom is -0.497 e. The fourth-order valence-corrected chi connectivity index (χ4v) is 3.77. The Balaban J connectivity index is 1.48. The molecule has 0 saturated heterocycles. The van der Waals surface area contributed by atoms with Crippen molar-refractivity contribution in [1.82, 2.24) is 20.3 Å². The second kappa shape index (κ2) is 11.2. The molecule has 9 heteroatoms. The molecule has 0 unspecified atom stereocenters. The molecule has 0 aliphatic heterocycles. The van der Waals surface area contributed by atoms with Crippen LogP contribution in [0.3, 0.4) is 0 Å². The molecule has 0 aliphatic carbocycles. The number of carbonyl (C=O) groups is 2. The van der Waals surface area contributed by atoms with Gasteiger partial charge in [-0.15, -0.1) is 5.10 Å². The molecule has 0 spiro atoms. The van der Waals surface area contributed by atoms with Gasteiger partial charge in [0.1, 0.15) is 24.0 Å². The number of nitrogen functional groups attached to an aromatic ring is 1. The number of carbonyl (C=O) groups excluding carboxylic acids is 2. The lowest BCUT2D eigenvalue weighted by atomic mass is 10.0. The van der Waals surface area contributed by atoms with E-state index in [0.717, 1.165) is 11.1 Å². The highest BCUT2D eigenvalue weighted by atomic mass is 16.5. The highest BCUT2D eigenvalue weighted by Gasteiger charge is 2.25. The zero-order valence-electron chi connectivity index (χ0n) is 20.2. The van der Waals surface area contributed by atoms with Gasteiger partial charge in [0.15, 0.2) is 0 Å². The number of benzene rings is 3. The van der Waals surface area contributed by atoms with Crippen LogP contribution in [-0.4, -0.2) is 47.0 Å². The van der Waals surface area contributed by atoms with Crippen molar-refractivity contribution in [3.63, 3.8) is 0 Å². The van der Waals surface area contributed by atoms with Crippen molar-refractivity contribution in [1.29, 1.82) is 0 Å². The van der Waals surface area contributed by atoms with E-state index in [9.17, 15) is 9.59 Å². The topological polar surface area (TPSA) is 115 Å². The second-order valence-corrected chi connectivity index (χ2v) is 8.33. The van der Waals surface area contributed by atoms with E-state index in [2.05, 4.69) is 15.6 Å². The lowest BCUT2D eigenvalue weighted by Crippen LogP contribution is -2.49. The van der Waals surface area contributed by atoms with E-state index in [1.165, 1.54) is 9.58 Å². The van der Waals surface area contributed by atoms with Crippen LogP contribution in [0.5, 0.6) is 5.75 Å². The molecule has 3 N–H and O–H groups in total. The van der Waals surface area contributed by atoms with Gasteiger partial charge in [0.2, 0.25) is 11.8 Å². The number of amides is 2. The fraction of sp³-hybridized carbons (Fsp3) is 0.185. The van der Waals surface area contributed by atoms with E-state index < -0.39 is 6.04 Å². The summed E-state index contributed by atoms with van der Waals surface area (Å²) >= 11 is 0. The number of likely N-dealkylation sites (N-methyl/N-ethyl adjacent to an activating group) is 1. The van der Waals surface area contributed by atoms with E-state index in [-0.39, 0.29) is 18.4 Å². The Morgan fingerprint density at radius 2 is 1.72 bits per heavy atom. The number of nitrogens with one attached hydrogen (secondary N) is 1. The Labute approximate surface area is 209 Å². The predicted molar refractivity (Wildman–Crippen MR) is 138 cm³/mol. The van der Waals surface area contributed by atoms with Gasteiger partial charge >= 0.3 is 0 Å². The first kappa shape index (κ1) is 24.5. The lowest BCUT2D eigenvalue weighted by molar-refractivity contribution is -0.127. The molecule has 0 bridgehead atoms. The number of hydrogen-bond acceptors (Lipinski definition) is 6. The average Bonchev–Trinajstić information content (AvgIpc) is 3.36. The largest absolute Gasteiger partial charge is 0.497 e. The Hall–Kier alpha value is -4.66. The summed E-state index contributed by atoms with van der Waals surface area (Å²) in [5, 5.41) is 11.1. The molecule has 4 aromatic rings. The van der Waals surface area contributed by atoms with Crippen molar-refractivity contribution in [3.05, 3.63) is 90.6 Å². The van der Waals surface area contributed by atoms with Crippen LogP contribution in [-0.2, 0) is 22.6 Å². The first-order valence-electron chi connectivity index (χ1n) is 11.4. The molecule has 9 nitrogen and oxygen atoms in total. The van der Waals surface area contributed by atoms with Crippen LogP contribution >= 0.6 is 0 Å². The highest BCUT2D eigenvalue weighted by molar-refractivity contribution is 5.99. The number of nitrogens with two attached hydrogens (primary N) is 1. The van der Waals surface area contributed by atoms with Crippen LogP contribution in [0.1, 0.15) is 5.56 Å². The summed E-state index contributed by atoms with van der Waals surface area (Å²) in [7, 11) is 3.27. The Bertz CT molecular complexity index is 1300. The normalized spacial score (nSPS) is 11.5. The molecule has 0 saturated carbocycles. The molecular formula is C27H28N6O3. The third-order valence-electron chi connectivity index (χ3n) is 5.76. The van der Waals surface area contributed by atoms with Crippen LogP contribution in [0.2, 0.25) is 0 Å². The first-order chi connectivity index (χ1) is 17.4. The summed E-state index contributed by atoms with van der Waals surface area (Å²) in [6.07, 6.45) is 2.03. The summed E-state index contributed by atoms with van der Waals surface area (Å²) in [4.78, 5) is 27.9. The maximum Gasteiger partial charge on any atom is 0.249 e. The van der Waals surface area contributed by atoms with Crippen molar-refractivity contribution in [2.75, 3.05) is 24.8 Å². The third kappa shape index (κ3) is 6.06. The molecule has 0 fully saturated rings. The molecule has 3 aromatic carbocycles. The smallest absolute Gasteiger partial charge is 0.249 e. The summed E-state index contributed by atoms with van der Waals surface area (Å²) in [5.41, 5.74) is 9.49. The molecular weight excluding hydrogens is 456 g/mol. The van der Waals surface area contributed by atoms with Crippen molar-refractivity contribution >= 4 is 23.2 Å². The van der Waals surface area contributed by atoms with Crippen molar-refractivity contribution < 1.29 is 14.3 Å². The van der Waals surface area contributed by atoms with Crippen LogP contribution in [0.4, 0.5) is 11.4 Å². The van der Waals surface area contributed by atoms with E-state index in [1.807, 2.05) is 42.5 Å². The third-order valence-corrected chi connectivity index (χ3v) is 5.76. The number of aromatic nitrogens is 3. The van der Waals surface area contributed by atoms with Crippen LogP contribution in [0, 0.1) is 0 Å². The van der Waals surface area contributed by atoms with Crippen molar-refractivity contribution in [2.45, 2.75) is 19.0 Å². The number of anilines is 2. The van der Waals surface area contributed by atoms with Crippen molar-refractivity contribution in [2.24, 2.45) is 0 Å². The maximum absolute atomic E-state index is 13.4. The first-order valence-corrected chi connectivity index (χ1v) is 11.4. The van der Waals surface area contributed by atoms with Gasteiger partial charge in [0.05, 0.1) is 13.3 Å². The van der Waals surface area contributed by atoms with Crippen LogP contribution < -0.4 is 20.7 Å². The van der Waals surface area contributed by atoms with Gasteiger partial charge in [-0.3, -0.25) is 9.59 Å². The molecule has 184 valence electrons. The zero-order valence-corrected chi connectivity index (χ0v) is 20.2. The number of nitrogens with zero attached hydrogens (tertiary/aromatic N) is 4. The Morgan fingerprint density at radius 3 is 2.39 bits per heavy atom. The van der Waals surface area contributed by atoms with Crippen molar-refractivity contribution in [3.8, 4) is 17.0 Å². The molecule has 0 aliphatic rings. The molecule has 4 rings (SSSR count). The van der Waals surface area contributed by atoms with Gasteiger partial charge < -0.3 is 20.7 Å². The van der Waals surface area contributed by atoms with E-state index in [0.29, 0.717) is 29.2 Å². The van der Waals surface area contributed by atoms with E-state index in [4.69, 9.17) is 10.5 Å². The summed E-state index contributed by atoms with van der Waals surface area (Å²) in [6, 6.07) is 23.2. The molecule has 1 heterocycles. The maximum atomic E-state index is 13.4. The quantitative estimate of drug-likeness (QED) is 0.353.